The van der Waals surface area contributed by atoms with Gasteiger partial charge in [-0.15, -0.1) is 0 Å². The van der Waals surface area contributed by atoms with E-state index in [9.17, 15) is 14.7 Å². The number of fused-ring (bicyclic) bond motifs is 1. The summed E-state index contributed by atoms with van der Waals surface area (Å²) >= 11 is 5.85. The summed E-state index contributed by atoms with van der Waals surface area (Å²) in [6, 6.07) is 22.0. The van der Waals surface area contributed by atoms with Gasteiger partial charge in [-0.1, -0.05) is 54.1 Å². The first kappa shape index (κ1) is 23.7. The molecule has 1 aromatic heterocycles. The Kier molecular flexibility index (Phi) is 7.83. The molecule has 0 spiro atoms. The maximum atomic E-state index is 12.3. The van der Waals surface area contributed by atoms with E-state index in [0.717, 1.165) is 27.6 Å². The van der Waals surface area contributed by atoms with Crippen molar-refractivity contribution < 1.29 is 14.7 Å². The molecule has 0 bridgehead atoms. The van der Waals surface area contributed by atoms with Gasteiger partial charge >= 0.3 is 35.5 Å². The fourth-order valence-electron chi connectivity index (χ4n) is 3.30. The van der Waals surface area contributed by atoms with E-state index in [0.29, 0.717) is 0 Å². The molecule has 4 rings (SSSR count). The second-order valence-electron chi connectivity index (χ2n) is 6.82. The average Bonchev–Trinajstić information content (AvgIpc) is 2.78. The predicted molar refractivity (Wildman–Crippen MR) is 130 cm³/mol. The minimum absolute atomic E-state index is 0. The number of carbonyl (C=O) groups excluding carboxylic acids is 1. The van der Waals surface area contributed by atoms with E-state index in [2.05, 4.69) is 10.3 Å². The molecule has 1 heterocycles. The maximum absolute atomic E-state index is 12.3. The van der Waals surface area contributed by atoms with Gasteiger partial charge in [-0.05, 0) is 47.5 Å². The molecule has 3 aromatic carbocycles. The Hall–Kier alpha value is -2.96. The topological polar surface area (TPSA) is 79.3 Å². The molecule has 0 radical (unpaired) electrons. The molecule has 154 valence electrons. The van der Waals surface area contributed by atoms with Crippen LogP contribution < -0.4 is 5.32 Å². The molecular formula is C25H18ClN2NaO3. The number of pyridine rings is 1. The van der Waals surface area contributed by atoms with Gasteiger partial charge < -0.3 is 10.4 Å². The van der Waals surface area contributed by atoms with Crippen LogP contribution in [0.3, 0.4) is 0 Å². The number of amides is 1. The van der Waals surface area contributed by atoms with Crippen LogP contribution in [-0.2, 0) is 4.79 Å². The molecular weight excluding hydrogens is 435 g/mol. The standard InChI is InChI=1S/C25H17ClN2O3.Na.H/c26-19-10-11-22(21(15-19)25(30)31)28-23(29)12-9-16-4-1-6-18(14-16)20-8-2-5-17-7-3-13-27-24(17)20;;/h1-15H,(H,28,29)(H,30,31);;/b12-9+;;. The third kappa shape index (κ3) is 5.44. The van der Waals surface area contributed by atoms with Crippen LogP contribution in [0.1, 0.15) is 15.9 Å². The van der Waals surface area contributed by atoms with Crippen molar-refractivity contribution in [3.8, 4) is 11.1 Å². The Morgan fingerprint density at radius 1 is 0.969 bits per heavy atom. The summed E-state index contributed by atoms with van der Waals surface area (Å²) in [5.41, 5.74) is 3.84. The first-order valence-electron chi connectivity index (χ1n) is 9.47. The number of hydrogen-bond acceptors (Lipinski definition) is 3. The number of para-hydroxylation sites is 1. The van der Waals surface area contributed by atoms with Crippen LogP contribution in [0.15, 0.2) is 85.1 Å². The van der Waals surface area contributed by atoms with Crippen LogP contribution in [0, 0.1) is 0 Å². The Bertz CT molecular complexity index is 1330. The van der Waals surface area contributed by atoms with Crippen LogP contribution >= 0.6 is 11.6 Å². The monoisotopic (exact) mass is 452 g/mol. The Balaban J connectivity index is 0.00000289. The van der Waals surface area contributed by atoms with Crippen molar-refractivity contribution in [3.63, 3.8) is 0 Å². The van der Waals surface area contributed by atoms with Crippen LogP contribution in [0.2, 0.25) is 5.02 Å². The number of carboxylic acids is 1. The number of benzene rings is 3. The summed E-state index contributed by atoms with van der Waals surface area (Å²) in [6.07, 6.45) is 4.80. The number of hydrogen-bond donors (Lipinski definition) is 2. The molecule has 0 aliphatic rings. The van der Waals surface area contributed by atoms with Crippen molar-refractivity contribution in [1.82, 2.24) is 4.98 Å². The van der Waals surface area contributed by atoms with Crippen molar-refractivity contribution in [1.29, 1.82) is 0 Å². The quantitative estimate of drug-likeness (QED) is 0.320. The fourth-order valence-corrected chi connectivity index (χ4v) is 3.47. The minimum atomic E-state index is -1.17. The summed E-state index contributed by atoms with van der Waals surface area (Å²) in [7, 11) is 0. The Labute approximate surface area is 212 Å². The van der Waals surface area contributed by atoms with Crippen LogP contribution in [0.25, 0.3) is 28.1 Å². The van der Waals surface area contributed by atoms with Gasteiger partial charge in [0.05, 0.1) is 16.8 Å². The summed E-state index contributed by atoms with van der Waals surface area (Å²) < 4.78 is 0. The molecule has 0 fully saturated rings. The molecule has 2 N–H and O–H groups in total. The van der Waals surface area contributed by atoms with Gasteiger partial charge in [-0.2, -0.15) is 0 Å². The SMILES string of the molecule is O=C(/C=C/c1cccc(-c2cccc3cccnc23)c1)Nc1ccc(Cl)cc1C(=O)O.[NaH]. The first-order chi connectivity index (χ1) is 15.0. The molecule has 1 amide bonds. The first-order valence-corrected chi connectivity index (χ1v) is 9.85. The average molecular weight is 453 g/mol. The van der Waals surface area contributed by atoms with Gasteiger partial charge in [0.1, 0.15) is 0 Å². The molecule has 0 saturated heterocycles. The summed E-state index contributed by atoms with van der Waals surface area (Å²) in [5, 5.41) is 13.2. The van der Waals surface area contributed by atoms with Gasteiger partial charge in [0.25, 0.3) is 0 Å². The molecule has 4 aromatic rings. The zero-order valence-electron chi connectivity index (χ0n) is 16.2. The summed E-state index contributed by atoms with van der Waals surface area (Å²) in [6.45, 7) is 0. The second kappa shape index (κ2) is 10.6. The van der Waals surface area contributed by atoms with Crippen LogP contribution in [0.5, 0.6) is 0 Å². The van der Waals surface area contributed by atoms with Gasteiger partial charge in [-0.25, -0.2) is 4.79 Å². The van der Waals surface area contributed by atoms with E-state index in [1.54, 1.807) is 12.3 Å². The molecule has 0 aliphatic carbocycles. The van der Waals surface area contributed by atoms with E-state index in [1.165, 1.54) is 24.3 Å². The summed E-state index contributed by atoms with van der Waals surface area (Å²) in [4.78, 5) is 28.2. The molecule has 0 aliphatic heterocycles. The Morgan fingerprint density at radius 2 is 1.75 bits per heavy atom. The number of halogens is 1. The zero-order valence-corrected chi connectivity index (χ0v) is 17.0. The van der Waals surface area contributed by atoms with E-state index in [1.807, 2.05) is 54.6 Å². The number of carbonyl (C=O) groups is 2. The second-order valence-corrected chi connectivity index (χ2v) is 7.26. The number of nitrogens with zero attached hydrogens (tertiary/aromatic N) is 1. The van der Waals surface area contributed by atoms with Crippen molar-refractivity contribution in [2.45, 2.75) is 0 Å². The van der Waals surface area contributed by atoms with Gasteiger partial charge in [0.2, 0.25) is 5.91 Å². The molecule has 7 heteroatoms. The van der Waals surface area contributed by atoms with Crippen molar-refractivity contribution in [3.05, 3.63) is 101 Å². The Morgan fingerprint density at radius 3 is 2.56 bits per heavy atom. The van der Waals surface area contributed by atoms with E-state index in [-0.39, 0.29) is 45.8 Å². The number of aromatic nitrogens is 1. The van der Waals surface area contributed by atoms with Crippen LogP contribution in [0.4, 0.5) is 5.69 Å². The van der Waals surface area contributed by atoms with E-state index >= 15 is 0 Å². The number of aromatic carboxylic acids is 1. The molecule has 32 heavy (non-hydrogen) atoms. The molecule has 0 unspecified atom stereocenters. The van der Waals surface area contributed by atoms with Crippen molar-refractivity contribution in [2.75, 3.05) is 5.32 Å². The van der Waals surface area contributed by atoms with Gasteiger partial charge in [0.15, 0.2) is 0 Å². The number of carboxylic acid groups (broad SMARTS) is 1. The third-order valence-corrected chi connectivity index (χ3v) is 4.96. The fraction of sp³-hybridized carbons (Fsp3) is 0. The van der Waals surface area contributed by atoms with Crippen LogP contribution in [-0.4, -0.2) is 51.5 Å². The van der Waals surface area contributed by atoms with Crippen molar-refractivity contribution >= 4 is 75.7 Å². The zero-order chi connectivity index (χ0) is 21.8. The number of rotatable bonds is 5. The van der Waals surface area contributed by atoms with E-state index < -0.39 is 11.9 Å². The van der Waals surface area contributed by atoms with Gasteiger partial charge in [-0.3, -0.25) is 9.78 Å². The molecule has 5 nitrogen and oxygen atoms in total. The number of anilines is 1. The summed E-state index contributed by atoms with van der Waals surface area (Å²) in [5.74, 6) is -1.61. The van der Waals surface area contributed by atoms with Gasteiger partial charge in [0, 0.05) is 28.2 Å². The predicted octanol–water partition coefficient (Wildman–Crippen LogP) is 5.26. The third-order valence-electron chi connectivity index (χ3n) is 4.73. The molecule has 0 saturated carbocycles. The van der Waals surface area contributed by atoms with Crippen molar-refractivity contribution in [2.24, 2.45) is 0 Å². The number of nitrogens with one attached hydrogen (secondary N) is 1. The molecule has 0 atom stereocenters. The normalized spacial score (nSPS) is 10.7. The van der Waals surface area contributed by atoms with E-state index in [4.69, 9.17) is 11.6 Å².